The maximum absolute atomic E-state index is 13.9. The molecule has 7 nitrogen and oxygen atoms in total. The molecule has 1 spiro atoms. The molecule has 3 heterocycles. The minimum atomic E-state index is -1.06. The number of likely N-dealkylation sites (tertiary alicyclic amines) is 1. The zero-order valence-corrected chi connectivity index (χ0v) is 21.8. The first kappa shape index (κ1) is 25.0. The molecule has 3 aromatic rings. The van der Waals surface area contributed by atoms with Crippen LogP contribution in [-0.4, -0.2) is 57.2 Å². The highest BCUT2D eigenvalue weighted by molar-refractivity contribution is 5.81. The van der Waals surface area contributed by atoms with Gasteiger partial charge in [0.05, 0.1) is 30.1 Å². The van der Waals surface area contributed by atoms with Crippen LogP contribution >= 0.6 is 0 Å². The molecule has 1 aliphatic carbocycles. The van der Waals surface area contributed by atoms with E-state index in [4.69, 9.17) is 0 Å². The Kier molecular flexibility index (Phi) is 6.66. The number of carbonyl (C=O) groups is 1. The second kappa shape index (κ2) is 10.1. The lowest BCUT2D eigenvalue weighted by molar-refractivity contribution is -0.163. The summed E-state index contributed by atoms with van der Waals surface area (Å²) in [6, 6.07) is 21.5. The molecule has 7 heteroatoms. The Labute approximate surface area is 223 Å². The van der Waals surface area contributed by atoms with Crippen molar-refractivity contribution in [2.45, 2.75) is 50.2 Å². The third-order valence-corrected chi connectivity index (χ3v) is 9.29. The zero-order chi connectivity index (χ0) is 26.2. The van der Waals surface area contributed by atoms with E-state index in [1.54, 1.807) is 17.0 Å². The predicted octanol–water partition coefficient (Wildman–Crippen LogP) is 3.44. The van der Waals surface area contributed by atoms with Crippen molar-refractivity contribution in [3.8, 4) is 11.3 Å². The Morgan fingerprint density at radius 3 is 2.42 bits per heavy atom. The summed E-state index contributed by atoms with van der Waals surface area (Å²) in [6.45, 7) is 2.73. The van der Waals surface area contributed by atoms with Gasteiger partial charge in [-0.2, -0.15) is 0 Å². The van der Waals surface area contributed by atoms with Gasteiger partial charge < -0.3 is 15.3 Å². The Bertz CT molecular complexity index is 1340. The molecule has 6 rings (SSSR count). The van der Waals surface area contributed by atoms with Crippen LogP contribution in [0.25, 0.3) is 11.3 Å². The lowest BCUT2D eigenvalue weighted by Gasteiger charge is -2.52. The molecular formula is C31H36N4O3. The number of carbonyl (C=O) groups excluding carboxylic acids is 1. The fourth-order valence-electron chi connectivity index (χ4n) is 7.10. The van der Waals surface area contributed by atoms with Crippen LogP contribution in [0, 0.1) is 11.3 Å². The molecule has 0 radical (unpaired) electrons. The lowest BCUT2D eigenvalue weighted by atomic mass is 9.65. The van der Waals surface area contributed by atoms with Gasteiger partial charge in [-0.05, 0) is 24.8 Å². The molecule has 1 aromatic heterocycles. The largest absolute Gasteiger partial charge is 0.387 e. The maximum atomic E-state index is 13.9. The second-order valence-corrected chi connectivity index (χ2v) is 11.4. The zero-order valence-electron chi connectivity index (χ0n) is 21.8. The molecular weight excluding hydrogens is 476 g/mol. The average molecular weight is 513 g/mol. The first-order chi connectivity index (χ1) is 18.5. The number of aromatic nitrogens is 2. The Hall–Kier alpha value is -3.29. The van der Waals surface area contributed by atoms with Gasteiger partial charge in [-0.1, -0.05) is 73.5 Å². The first-order valence-electron chi connectivity index (χ1n) is 13.9. The summed E-state index contributed by atoms with van der Waals surface area (Å²) in [6.07, 6.45) is 5.81. The van der Waals surface area contributed by atoms with Crippen molar-refractivity contribution in [2.24, 2.45) is 11.3 Å². The summed E-state index contributed by atoms with van der Waals surface area (Å²) in [5.41, 5.74) is 1.09. The number of nitrogens with one attached hydrogen (secondary N) is 1. The second-order valence-electron chi connectivity index (χ2n) is 11.4. The SMILES string of the molecule is O=C(C1CNCC1c1ccccc1)N1CC[C@@](O)(Cn2cnc(-c3ccccc3)cc2=O)C2(CCCC2)C1. The van der Waals surface area contributed by atoms with Crippen LogP contribution in [0.2, 0.25) is 0 Å². The quantitative estimate of drug-likeness (QED) is 0.547. The van der Waals surface area contributed by atoms with Gasteiger partial charge in [-0.15, -0.1) is 0 Å². The van der Waals surface area contributed by atoms with E-state index in [0.29, 0.717) is 31.7 Å². The fourth-order valence-corrected chi connectivity index (χ4v) is 7.10. The highest BCUT2D eigenvalue weighted by atomic mass is 16.3. The Morgan fingerprint density at radius 2 is 1.71 bits per heavy atom. The monoisotopic (exact) mass is 512 g/mol. The van der Waals surface area contributed by atoms with Crippen molar-refractivity contribution in [1.82, 2.24) is 19.8 Å². The van der Waals surface area contributed by atoms with Gasteiger partial charge >= 0.3 is 0 Å². The van der Waals surface area contributed by atoms with Crippen LogP contribution in [-0.2, 0) is 11.3 Å². The van der Waals surface area contributed by atoms with Gasteiger partial charge in [-0.25, -0.2) is 4.98 Å². The number of hydrogen-bond donors (Lipinski definition) is 2. The van der Waals surface area contributed by atoms with Crippen LogP contribution < -0.4 is 10.9 Å². The number of benzene rings is 2. The van der Waals surface area contributed by atoms with Crippen LogP contribution in [0.15, 0.2) is 77.9 Å². The molecule has 38 heavy (non-hydrogen) atoms. The van der Waals surface area contributed by atoms with Crippen LogP contribution in [0.4, 0.5) is 0 Å². The molecule has 2 unspecified atom stereocenters. The van der Waals surface area contributed by atoms with Crippen molar-refractivity contribution in [3.63, 3.8) is 0 Å². The van der Waals surface area contributed by atoms with E-state index < -0.39 is 11.0 Å². The van der Waals surface area contributed by atoms with Crippen molar-refractivity contribution in [2.75, 3.05) is 26.2 Å². The highest BCUT2D eigenvalue weighted by Gasteiger charge is 2.56. The summed E-state index contributed by atoms with van der Waals surface area (Å²) in [4.78, 5) is 33.5. The molecule has 0 bridgehead atoms. The molecule has 2 aliphatic heterocycles. The summed E-state index contributed by atoms with van der Waals surface area (Å²) in [5, 5.41) is 15.6. The molecule has 2 N–H and O–H groups in total. The standard InChI is InChI=1S/C31H36N4O3/c36-28-17-27(24-11-5-2-6-12-24)33-22-35(28)21-31(38)15-16-34(20-30(31)13-7-8-14-30)29(37)26-19-32-18-25(26)23-9-3-1-4-10-23/h1-6,9-12,17,22,25-26,32,38H,7-8,13-16,18-21H2/t25?,26?,31-/m1/s1. The highest BCUT2D eigenvalue weighted by Crippen LogP contribution is 2.52. The van der Waals surface area contributed by atoms with E-state index in [0.717, 1.165) is 37.8 Å². The van der Waals surface area contributed by atoms with Gasteiger partial charge in [0.15, 0.2) is 0 Å². The van der Waals surface area contributed by atoms with Crippen molar-refractivity contribution in [1.29, 1.82) is 0 Å². The topological polar surface area (TPSA) is 87.5 Å². The van der Waals surface area contributed by atoms with Crippen LogP contribution in [0.1, 0.15) is 43.6 Å². The number of nitrogens with zero attached hydrogens (tertiary/aromatic N) is 3. The third-order valence-electron chi connectivity index (χ3n) is 9.29. The summed E-state index contributed by atoms with van der Waals surface area (Å²) in [7, 11) is 0. The smallest absolute Gasteiger partial charge is 0.253 e. The van der Waals surface area contributed by atoms with E-state index in [-0.39, 0.29) is 29.8 Å². The fraction of sp³-hybridized carbons (Fsp3) is 0.452. The number of piperidine rings is 1. The number of hydrogen-bond acceptors (Lipinski definition) is 5. The summed E-state index contributed by atoms with van der Waals surface area (Å²) in [5.74, 6) is 0.249. The molecule has 1 amide bonds. The maximum Gasteiger partial charge on any atom is 0.253 e. The van der Waals surface area contributed by atoms with Gasteiger partial charge in [0.2, 0.25) is 5.91 Å². The summed E-state index contributed by atoms with van der Waals surface area (Å²) >= 11 is 0. The Balaban J connectivity index is 1.22. The van der Waals surface area contributed by atoms with Gasteiger partial charge in [0.25, 0.3) is 5.56 Å². The normalized spacial score (nSPS) is 26.6. The van der Waals surface area contributed by atoms with Gasteiger partial charge in [0.1, 0.15) is 0 Å². The van der Waals surface area contributed by atoms with Gasteiger partial charge in [0, 0.05) is 49.1 Å². The van der Waals surface area contributed by atoms with E-state index in [1.165, 1.54) is 5.56 Å². The minimum absolute atomic E-state index is 0.0978. The van der Waals surface area contributed by atoms with Crippen LogP contribution in [0.5, 0.6) is 0 Å². The lowest BCUT2D eigenvalue weighted by Crippen LogP contribution is -2.62. The van der Waals surface area contributed by atoms with Gasteiger partial charge in [-0.3, -0.25) is 14.2 Å². The third kappa shape index (κ3) is 4.48. The number of rotatable bonds is 5. The van der Waals surface area contributed by atoms with E-state index in [9.17, 15) is 14.7 Å². The number of amides is 1. The van der Waals surface area contributed by atoms with Crippen molar-refractivity contribution in [3.05, 3.63) is 89.0 Å². The molecule has 2 aromatic carbocycles. The molecule has 3 aliphatic rings. The summed E-state index contributed by atoms with van der Waals surface area (Å²) < 4.78 is 1.55. The molecule has 2 saturated heterocycles. The van der Waals surface area contributed by atoms with E-state index in [1.807, 2.05) is 53.4 Å². The molecule has 198 valence electrons. The van der Waals surface area contributed by atoms with Crippen molar-refractivity contribution >= 4 is 5.91 Å². The molecule has 3 fully saturated rings. The van der Waals surface area contributed by atoms with E-state index >= 15 is 0 Å². The van der Waals surface area contributed by atoms with Crippen molar-refractivity contribution < 1.29 is 9.90 Å². The minimum Gasteiger partial charge on any atom is -0.387 e. The Morgan fingerprint density at radius 1 is 1.00 bits per heavy atom. The number of aliphatic hydroxyl groups is 1. The molecule has 1 saturated carbocycles. The van der Waals surface area contributed by atoms with E-state index in [2.05, 4.69) is 22.4 Å². The molecule has 3 atom stereocenters. The predicted molar refractivity (Wildman–Crippen MR) is 147 cm³/mol. The van der Waals surface area contributed by atoms with Crippen LogP contribution in [0.3, 0.4) is 0 Å². The average Bonchev–Trinajstić information content (AvgIpc) is 3.63. The first-order valence-corrected chi connectivity index (χ1v) is 13.9.